The fraction of sp³-hybridized carbons (Fsp3) is 0.421. The third-order valence-corrected chi connectivity index (χ3v) is 5.11. The van der Waals surface area contributed by atoms with Crippen LogP contribution < -0.4 is 5.43 Å². The second kappa shape index (κ2) is 6.23. The van der Waals surface area contributed by atoms with Crippen LogP contribution >= 0.6 is 0 Å². The Balaban J connectivity index is 1.57. The molecular formula is C19H21N3O2. The molecule has 5 nitrogen and oxygen atoms in total. The van der Waals surface area contributed by atoms with Crippen LogP contribution in [0, 0.1) is 17.8 Å². The lowest BCUT2D eigenvalue weighted by Crippen LogP contribution is -2.26. The summed E-state index contributed by atoms with van der Waals surface area (Å²) < 4.78 is 6.05. The van der Waals surface area contributed by atoms with E-state index in [-0.39, 0.29) is 0 Å². The summed E-state index contributed by atoms with van der Waals surface area (Å²) >= 11 is 0. The molecule has 0 spiro atoms. The zero-order valence-corrected chi connectivity index (χ0v) is 13.7. The van der Waals surface area contributed by atoms with Gasteiger partial charge in [-0.1, -0.05) is 25.1 Å². The van der Waals surface area contributed by atoms with Crippen LogP contribution in [0.5, 0.6) is 0 Å². The summed E-state index contributed by atoms with van der Waals surface area (Å²) in [6, 6.07) is 10.0. The lowest BCUT2D eigenvalue weighted by Gasteiger charge is -2.22. The highest BCUT2D eigenvalue weighted by Crippen LogP contribution is 2.43. The third-order valence-electron chi connectivity index (χ3n) is 5.11. The second-order valence-corrected chi connectivity index (χ2v) is 6.80. The number of aromatic nitrogens is 1. The third kappa shape index (κ3) is 2.86. The summed E-state index contributed by atoms with van der Waals surface area (Å²) in [7, 11) is 0. The van der Waals surface area contributed by atoms with E-state index in [1.165, 1.54) is 0 Å². The van der Waals surface area contributed by atoms with E-state index in [1.807, 2.05) is 30.3 Å². The van der Waals surface area contributed by atoms with Gasteiger partial charge in [-0.15, -0.1) is 0 Å². The summed E-state index contributed by atoms with van der Waals surface area (Å²) in [4.78, 5) is 15.3. The molecule has 3 atom stereocenters. The molecule has 0 radical (unpaired) electrons. The van der Waals surface area contributed by atoms with E-state index in [1.54, 1.807) is 0 Å². The number of aryl methyl sites for hydroxylation is 1. The van der Waals surface area contributed by atoms with Gasteiger partial charge in [0.2, 0.25) is 12.3 Å². The molecule has 4 rings (SSSR count). The molecule has 1 heterocycles. The van der Waals surface area contributed by atoms with Crippen LogP contribution in [-0.4, -0.2) is 17.1 Å². The van der Waals surface area contributed by atoms with Gasteiger partial charge in [0.05, 0.1) is 5.69 Å². The number of carbonyl (C=O) groups excluding carboxylic acids is 1. The molecule has 1 amide bonds. The van der Waals surface area contributed by atoms with Crippen molar-refractivity contribution in [3.05, 3.63) is 41.8 Å². The van der Waals surface area contributed by atoms with Gasteiger partial charge in [-0.3, -0.25) is 4.79 Å². The Morgan fingerprint density at radius 2 is 2.17 bits per heavy atom. The standard InChI is InChI=1S/C19H21N3O2/c1-12-9-15(12)18(22-20-11-23)14-7-8-16-17(10-14)24-19(21-16)13-5-3-2-4-6-13/h2-6,11-12,14-15H,7-10H2,1H3,(H,20,23)/b22-18-. The van der Waals surface area contributed by atoms with Crippen LogP contribution in [-0.2, 0) is 17.6 Å². The number of hydrazone groups is 1. The van der Waals surface area contributed by atoms with Crippen LogP contribution in [0.15, 0.2) is 39.9 Å². The molecule has 1 fully saturated rings. The van der Waals surface area contributed by atoms with Crippen molar-refractivity contribution in [3.8, 4) is 11.5 Å². The van der Waals surface area contributed by atoms with Crippen molar-refractivity contribution in [3.63, 3.8) is 0 Å². The highest BCUT2D eigenvalue weighted by molar-refractivity contribution is 5.92. The van der Waals surface area contributed by atoms with Gasteiger partial charge in [-0.25, -0.2) is 10.4 Å². The van der Waals surface area contributed by atoms with Gasteiger partial charge in [-0.2, -0.15) is 5.10 Å². The number of fused-ring (bicyclic) bond motifs is 1. The minimum Gasteiger partial charge on any atom is -0.441 e. The molecule has 5 heteroatoms. The molecule has 1 saturated carbocycles. The molecular weight excluding hydrogens is 302 g/mol. The fourth-order valence-electron chi connectivity index (χ4n) is 3.64. The van der Waals surface area contributed by atoms with E-state index in [4.69, 9.17) is 4.42 Å². The number of hydrogen-bond acceptors (Lipinski definition) is 4. The second-order valence-electron chi connectivity index (χ2n) is 6.80. The zero-order valence-electron chi connectivity index (χ0n) is 13.7. The first-order valence-electron chi connectivity index (χ1n) is 8.57. The number of nitrogens with zero attached hydrogens (tertiary/aromatic N) is 2. The molecule has 0 bridgehead atoms. The predicted octanol–water partition coefficient (Wildman–Crippen LogP) is 3.20. The maximum Gasteiger partial charge on any atom is 0.227 e. The highest BCUT2D eigenvalue weighted by Gasteiger charge is 2.41. The highest BCUT2D eigenvalue weighted by atomic mass is 16.4. The minimum absolute atomic E-state index is 0.330. The molecule has 124 valence electrons. The molecule has 3 unspecified atom stereocenters. The number of amides is 1. The lowest BCUT2D eigenvalue weighted by molar-refractivity contribution is -0.109. The Kier molecular flexibility index (Phi) is 3.92. The smallest absolute Gasteiger partial charge is 0.227 e. The first kappa shape index (κ1) is 15.1. The maximum absolute atomic E-state index is 10.6. The number of hydrogen-bond donors (Lipinski definition) is 1. The van der Waals surface area contributed by atoms with Gasteiger partial charge >= 0.3 is 0 Å². The lowest BCUT2D eigenvalue weighted by atomic mass is 9.84. The van der Waals surface area contributed by atoms with Crippen molar-refractivity contribution in [2.75, 3.05) is 0 Å². The molecule has 2 aliphatic rings. The normalized spacial score (nSPS) is 25.9. The topological polar surface area (TPSA) is 67.5 Å². The maximum atomic E-state index is 10.6. The number of oxazole rings is 1. The van der Waals surface area contributed by atoms with E-state index in [0.717, 1.165) is 48.4 Å². The van der Waals surface area contributed by atoms with Crippen LogP contribution in [0.4, 0.5) is 0 Å². The summed E-state index contributed by atoms with van der Waals surface area (Å²) in [5.41, 5.74) is 5.70. The van der Waals surface area contributed by atoms with Crippen molar-refractivity contribution in [1.82, 2.24) is 10.4 Å². The van der Waals surface area contributed by atoms with Crippen molar-refractivity contribution in [2.24, 2.45) is 22.9 Å². The molecule has 1 aromatic heterocycles. The van der Waals surface area contributed by atoms with Crippen LogP contribution in [0.1, 0.15) is 31.2 Å². The zero-order chi connectivity index (χ0) is 16.5. The van der Waals surface area contributed by atoms with Gasteiger partial charge in [-0.05, 0) is 37.3 Å². The largest absolute Gasteiger partial charge is 0.441 e. The van der Waals surface area contributed by atoms with Gasteiger partial charge < -0.3 is 4.42 Å². The van der Waals surface area contributed by atoms with Gasteiger partial charge in [0.15, 0.2) is 0 Å². The summed E-state index contributed by atoms with van der Waals surface area (Å²) in [6.07, 6.45) is 4.53. The minimum atomic E-state index is 0.330. The Labute approximate surface area is 141 Å². The Bertz CT molecular complexity index is 766. The van der Waals surface area contributed by atoms with Gasteiger partial charge in [0, 0.05) is 29.5 Å². The number of benzene rings is 1. The molecule has 2 aromatic rings. The van der Waals surface area contributed by atoms with Crippen molar-refractivity contribution in [1.29, 1.82) is 0 Å². The first-order chi connectivity index (χ1) is 11.8. The summed E-state index contributed by atoms with van der Waals surface area (Å²) in [5, 5.41) is 4.35. The molecule has 24 heavy (non-hydrogen) atoms. The van der Waals surface area contributed by atoms with Crippen LogP contribution in [0.2, 0.25) is 0 Å². The van der Waals surface area contributed by atoms with E-state index in [2.05, 4.69) is 22.4 Å². The average molecular weight is 323 g/mol. The predicted molar refractivity (Wildman–Crippen MR) is 91.4 cm³/mol. The van der Waals surface area contributed by atoms with E-state index >= 15 is 0 Å². The van der Waals surface area contributed by atoms with Crippen molar-refractivity contribution < 1.29 is 9.21 Å². The average Bonchev–Trinajstić information content (AvgIpc) is 3.18. The summed E-state index contributed by atoms with van der Waals surface area (Å²) in [6.45, 7) is 2.23. The first-order valence-corrected chi connectivity index (χ1v) is 8.57. The van der Waals surface area contributed by atoms with Crippen molar-refractivity contribution >= 4 is 12.1 Å². The monoisotopic (exact) mass is 323 g/mol. The van der Waals surface area contributed by atoms with Crippen LogP contribution in [0.3, 0.4) is 0 Å². The molecule has 0 saturated heterocycles. The molecule has 1 aromatic carbocycles. The van der Waals surface area contributed by atoms with E-state index < -0.39 is 0 Å². The van der Waals surface area contributed by atoms with Gasteiger partial charge in [0.25, 0.3) is 0 Å². The number of carbonyl (C=O) groups is 1. The van der Waals surface area contributed by atoms with Crippen molar-refractivity contribution in [2.45, 2.75) is 32.6 Å². The summed E-state index contributed by atoms with van der Waals surface area (Å²) in [5.74, 6) is 3.16. The van der Waals surface area contributed by atoms with Gasteiger partial charge in [0.1, 0.15) is 5.76 Å². The van der Waals surface area contributed by atoms with Crippen LogP contribution in [0.25, 0.3) is 11.5 Å². The quantitative estimate of drug-likeness (QED) is 0.522. The SMILES string of the molecule is CC1CC1/C(=N\NC=O)C1CCc2nc(-c3ccccc3)oc2C1. The molecule has 2 aliphatic carbocycles. The van der Waals surface area contributed by atoms with E-state index in [9.17, 15) is 4.79 Å². The number of rotatable bonds is 5. The Morgan fingerprint density at radius 1 is 1.38 bits per heavy atom. The Morgan fingerprint density at radius 3 is 2.88 bits per heavy atom. The Hall–Kier alpha value is -2.43. The number of nitrogens with one attached hydrogen (secondary N) is 1. The molecule has 0 aliphatic heterocycles. The molecule has 1 N–H and O–H groups in total. The van der Waals surface area contributed by atoms with E-state index in [0.29, 0.717) is 30.1 Å². The fourth-order valence-corrected chi connectivity index (χ4v) is 3.64.